The van der Waals surface area contributed by atoms with Gasteiger partial charge in [0.05, 0.1) is 6.61 Å². The number of carbonyl (C=O) groups excluding carboxylic acids is 1. The summed E-state index contributed by atoms with van der Waals surface area (Å²) >= 11 is 0. The highest BCUT2D eigenvalue weighted by molar-refractivity contribution is 5.69. The molecule has 0 radical (unpaired) electrons. The molecule has 0 heterocycles. The van der Waals surface area contributed by atoms with Crippen molar-refractivity contribution in [3.05, 3.63) is 36.5 Å². The van der Waals surface area contributed by atoms with E-state index in [9.17, 15) is 4.79 Å². The molecule has 0 aliphatic rings. The maximum atomic E-state index is 11.8. The van der Waals surface area contributed by atoms with Crippen LogP contribution in [0.5, 0.6) is 0 Å². The smallest absolute Gasteiger partial charge is 0.305 e. The topological polar surface area (TPSA) is 26.3 Å². The van der Waals surface area contributed by atoms with E-state index in [2.05, 4.69) is 50.3 Å². The number of hydrogen-bond acceptors (Lipinski definition) is 2. The van der Waals surface area contributed by atoms with Crippen LogP contribution < -0.4 is 0 Å². The van der Waals surface area contributed by atoms with Crippen LogP contribution in [-0.2, 0) is 9.53 Å². The average molecular weight is 475 g/mol. The Morgan fingerprint density at radius 1 is 0.529 bits per heavy atom. The molecule has 0 aromatic heterocycles. The zero-order valence-corrected chi connectivity index (χ0v) is 23.0. The van der Waals surface area contributed by atoms with Gasteiger partial charge in [-0.05, 0) is 44.9 Å². The fraction of sp³-hybridized carbons (Fsp3) is 0.781. The highest BCUT2D eigenvalue weighted by Crippen LogP contribution is 2.12. The summed E-state index contributed by atoms with van der Waals surface area (Å²) < 4.78 is 5.40. The molecule has 0 saturated carbocycles. The van der Waals surface area contributed by atoms with Crippen molar-refractivity contribution >= 4 is 5.97 Å². The molecule has 0 unspecified atom stereocenters. The maximum absolute atomic E-state index is 11.8. The summed E-state index contributed by atoms with van der Waals surface area (Å²) in [4.78, 5) is 11.8. The van der Waals surface area contributed by atoms with Gasteiger partial charge in [-0.2, -0.15) is 0 Å². The predicted octanol–water partition coefficient (Wildman–Crippen LogP) is 10.8. The van der Waals surface area contributed by atoms with Crippen molar-refractivity contribution in [2.75, 3.05) is 6.61 Å². The Kier molecular flexibility index (Phi) is 28.6. The number of rotatable bonds is 26. The van der Waals surface area contributed by atoms with E-state index >= 15 is 0 Å². The van der Waals surface area contributed by atoms with Gasteiger partial charge < -0.3 is 4.74 Å². The van der Waals surface area contributed by atoms with E-state index in [1.54, 1.807) is 0 Å². The molecular formula is C32H58O2. The largest absolute Gasteiger partial charge is 0.466 e. The third-order valence-electron chi connectivity index (χ3n) is 6.29. The zero-order chi connectivity index (χ0) is 24.8. The van der Waals surface area contributed by atoms with E-state index in [0.717, 1.165) is 38.5 Å². The molecule has 0 aliphatic heterocycles. The molecule has 0 amide bonds. The van der Waals surface area contributed by atoms with Gasteiger partial charge in [0.1, 0.15) is 0 Å². The lowest BCUT2D eigenvalue weighted by atomic mass is 10.1. The molecule has 0 aromatic carbocycles. The molecule has 0 rings (SSSR count). The second-order valence-corrected chi connectivity index (χ2v) is 9.71. The molecule has 0 aliphatic carbocycles. The molecule has 2 heteroatoms. The number of hydrogen-bond donors (Lipinski definition) is 0. The molecule has 0 N–H and O–H groups in total. The molecule has 34 heavy (non-hydrogen) atoms. The minimum Gasteiger partial charge on any atom is -0.466 e. The first-order valence-corrected chi connectivity index (χ1v) is 14.9. The summed E-state index contributed by atoms with van der Waals surface area (Å²) in [6.07, 6.45) is 40.4. The van der Waals surface area contributed by atoms with Crippen LogP contribution in [0, 0.1) is 0 Å². The van der Waals surface area contributed by atoms with Gasteiger partial charge in [0.25, 0.3) is 0 Å². The molecule has 0 spiro atoms. The number of unbranched alkanes of at least 4 members (excludes halogenated alkanes) is 16. The van der Waals surface area contributed by atoms with Crippen LogP contribution in [0.15, 0.2) is 36.5 Å². The van der Waals surface area contributed by atoms with Gasteiger partial charge in [-0.25, -0.2) is 0 Å². The summed E-state index contributed by atoms with van der Waals surface area (Å²) in [5.41, 5.74) is 0. The van der Waals surface area contributed by atoms with Crippen molar-refractivity contribution in [2.24, 2.45) is 0 Å². The van der Waals surface area contributed by atoms with Gasteiger partial charge in [0.2, 0.25) is 0 Å². The van der Waals surface area contributed by atoms with Gasteiger partial charge in [-0.15, -0.1) is 0 Å². The summed E-state index contributed by atoms with van der Waals surface area (Å²) in [6.45, 7) is 5.06. The van der Waals surface area contributed by atoms with E-state index in [0.29, 0.717) is 13.0 Å². The Morgan fingerprint density at radius 2 is 1.00 bits per heavy atom. The Morgan fingerprint density at radius 3 is 1.59 bits per heavy atom. The molecular weight excluding hydrogens is 416 g/mol. The Balaban J connectivity index is 3.25. The molecule has 0 fully saturated rings. The number of carbonyl (C=O) groups is 1. The molecule has 0 bridgehead atoms. The highest BCUT2D eigenvalue weighted by Gasteiger charge is 2.02. The number of allylic oxidation sites excluding steroid dienone is 6. The van der Waals surface area contributed by atoms with Gasteiger partial charge in [0.15, 0.2) is 0 Å². The minimum atomic E-state index is 0.00393. The minimum absolute atomic E-state index is 0.00393. The van der Waals surface area contributed by atoms with E-state index in [1.807, 2.05) is 0 Å². The van der Waals surface area contributed by atoms with Crippen molar-refractivity contribution in [3.63, 3.8) is 0 Å². The first-order valence-electron chi connectivity index (χ1n) is 14.9. The average Bonchev–Trinajstić information content (AvgIpc) is 2.84. The lowest BCUT2D eigenvalue weighted by molar-refractivity contribution is -0.143. The van der Waals surface area contributed by atoms with Gasteiger partial charge in [-0.3, -0.25) is 4.79 Å². The van der Waals surface area contributed by atoms with Gasteiger partial charge in [0, 0.05) is 6.42 Å². The van der Waals surface area contributed by atoms with Gasteiger partial charge in [-0.1, -0.05) is 140 Å². The summed E-state index contributed by atoms with van der Waals surface area (Å²) in [6, 6.07) is 0. The Bertz CT molecular complexity index is 489. The van der Waals surface area contributed by atoms with Crippen LogP contribution in [0.1, 0.15) is 155 Å². The van der Waals surface area contributed by atoms with Crippen LogP contribution in [-0.4, -0.2) is 12.6 Å². The normalized spacial score (nSPS) is 11.9. The molecule has 2 nitrogen and oxygen atoms in total. The van der Waals surface area contributed by atoms with Crippen LogP contribution in [0.4, 0.5) is 0 Å². The third kappa shape index (κ3) is 28.7. The Labute approximate surface area is 213 Å². The van der Waals surface area contributed by atoms with Crippen LogP contribution in [0.3, 0.4) is 0 Å². The molecule has 0 atom stereocenters. The molecule has 198 valence electrons. The predicted molar refractivity (Wildman–Crippen MR) is 151 cm³/mol. The monoisotopic (exact) mass is 474 g/mol. The second kappa shape index (κ2) is 29.7. The molecule has 0 aromatic rings. The van der Waals surface area contributed by atoms with Crippen molar-refractivity contribution in [1.29, 1.82) is 0 Å². The summed E-state index contributed by atoms with van der Waals surface area (Å²) in [5, 5.41) is 0. The number of esters is 1. The second-order valence-electron chi connectivity index (χ2n) is 9.71. The first kappa shape index (κ1) is 32.7. The summed E-state index contributed by atoms with van der Waals surface area (Å²) in [5.74, 6) is 0.00393. The zero-order valence-electron chi connectivity index (χ0n) is 23.0. The fourth-order valence-electron chi connectivity index (χ4n) is 4.09. The van der Waals surface area contributed by atoms with Crippen LogP contribution >= 0.6 is 0 Å². The SMILES string of the molecule is CCC=CCC=CCC=CCCCCCCCC(=O)OCCCCCCCCCCCCCC. The highest BCUT2D eigenvalue weighted by atomic mass is 16.5. The van der Waals surface area contributed by atoms with Crippen molar-refractivity contribution in [1.82, 2.24) is 0 Å². The first-order chi connectivity index (χ1) is 16.8. The standard InChI is InChI=1S/C32H58O2/c1-3-5-7-9-11-13-15-17-18-19-20-22-24-26-28-30-32(33)34-31-29-27-25-23-21-16-14-12-10-8-6-4-2/h5,7,11,13,17-18H,3-4,6,8-10,12,14-16,19-31H2,1-2H3. The lowest BCUT2D eigenvalue weighted by Gasteiger charge is -2.05. The number of ether oxygens (including phenoxy) is 1. The van der Waals surface area contributed by atoms with E-state index in [-0.39, 0.29) is 5.97 Å². The fourth-order valence-corrected chi connectivity index (χ4v) is 4.09. The van der Waals surface area contributed by atoms with E-state index in [1.165, 1.54) is 96.3 Å². The van der Waals surface area contributed by atoms with E-state index < -0.39 is 0 Å². The van der Waals surface area contributed by atoms with Crippen molar-refractivity contribution < 1.29 is 9.53 Å². The maximum Gasteiger partial charge on any atom is 0.305 e. The summed E-state index contributed by atoms with van der Waals surface area (Å²) in [7, 11) is 0. The van der Waals surface area contributed by atoms with Crippen LogP contribution in [0.2, 0.25) is 0 Å². The van der Waals surface area contributed by atoms with Gasteiger partial charge >= 0.3 is 5.97 Å². The lowest BCUT2D eigenvalue weighted by Crippen LogP contribution is -2.05. The van der Waals surface area contributed by atoms with Crippen molar-refractivity contribution in [2.45, 2.75) is 155 Å². The Hall–Kier alpha value is -1.31. The van der Waals surface area contributed by atoms with Crippen LogP contribution in [0.25, 0.3) is 0 Å². The molecule has 0 saturated heterocycles. The van der Waals surface area contributed by atoms with E-state index in [4.69, 9.17) is 4.74 Å². The van der Waals surface area contributed by atoms with Crippen molar-refractivity contribution in [3.8, 4) is 0 Å². The quantitative estimate of drug-likeness (QED) is 0.0707. The third-order valence-corrected chi connectivity index (χ3v) is 6.29.